The molecule has 0 aliphatic carbocycles. The van der Waals surface area contributed by atoms with E-state index in [2.05, 4.69) is 11.8 Å². The fourth-order valence-corrected chi connectivity index (χ4v) is 1.73. The Morgan fingerprint density at radius 1 is 1.08 bits per heavy atom. The van der Waals surface area contributed by atoms with Crippen LogP contribution in [0.15, 0.2) is 0 Å². The molecular weight excluding hydrogens is 207 g/mol. The van der Waals surface area contributed by atoms with Crippen LogP contribution in [0.2, 0.25) is 0 Å². The Bertz CT molecular complexity index is 102. The van der Waals surface area contributed by atoms with Crippen LogP contribution in [0.3, 0.4) is 0 Å². The van der Waals surface area contributed by atoms with E-state index >= 15 is 0 Å². The molecule has 0 amide bonds. The maximum Gasteiger partial charge on any atom is 0.0139 e. The van der Waals surface area contributed by atoms with Crippen LogP contribution < -0.4 is 5.73 Å². The molecule has 2 N–H and O–H groups in total. The normalized spacial score (nSPS) is 20.8. The summed E-state index contributed by atoms with van der Waals surface area (Å²) >= 11 is 0. The molecular formula is C9H22Cl2N2. The number of hydrogen-bond acceptors (Lipinski definition) is 2. The quantitative estimate of drug-likeness (QED) is 0.785. The first-order valence-corrected chi connectivity index (χ1v) is 4.77. The standard InChI is InChI=1S/C9H20N2.2ClH/c1-9(10)8-11-6-4-2-3-5-7-11;;/h9H,2-8,10H2,1H3;2*1H/t9-;;/m0../s1. The first kappa shape index (κ1) is 15.9. The van der Waals surface area contributed by atoms with E-state index < -0.39 is 0 Å². The smallest absolute Gasteiger partial charge is 0.0139 e. The van der Waals surface area contributed by atoms with Gasteiger partial charge in [0, 0.05) is 12.6 Å². The third-order valence-corrected chi connectivity index (χ3v) is 2.24. The van der Waals surface area contributed by atoms with Crippen molar-refractivity contribution in [2.24, 2.45) is 5.73 Å². The molecule has 0 bridgehead atoms. The van der Waals surface area contributed by atoms with Gasteiger partial charge >= 0.3 is 0 Å². The summed E-state index contributed by atoms with van der Waals surface area (Å²) in [7, 11) is 0. The van der Waals surface area contributed by atoms with E-state index in [9.17, 15) is 0 Å². The van der Waals surface area contributed by atoms with Gasteiger partial charge in [0.1, 0.15) is 0 Å². The third-order valence-electron chi connectivity index (χ3n) is 2.24. The highest BCUT2D eigenvalue weighted by Crippen LogP contribution is 2.09. The third kappa shape index (κ3) is 7.56. The molecule has 1 aliphatic heterocycles. The van der Waals surface area contributed by atoms with Crippen LogP contribution >= 0.6 is 24.8 Å². The SMILES string of the molecule is C[C@H](N)CN1CCCCCC1.Cl.Cl. The van der Waals surface area contributed by atoms with Crippen molar-refractivity contribution in [1.82, 2.24) is 4.90 Å². The lowest BCUT2D eigenvalue weighted by Gasteiger charge is -2.21. The first-order valence-electron chi connectivity index (χ1n) is 4.77. The number of halogens is 2. The van der Waals surface area contributed by atoms with Gasteiger partial charge in [-0.1, -0.05) is 12.8 Å². The van der Waals surface area contributed by atoms with E-state index in [1.165, 1.54) is 38.8 Å². The Morgan fingerprint density at radius 3 is 1.92 bits per heavy atom. The van der Waals surface area contributed by atoms with Crippen LogP contribution in [0.5, 0.6) is 0 Å². The summed E-state index contributed by atoms with van der Waals surface area (Å²) in [6.07, 6.45) is 5.56. The monoisotopic (exact) mass is 228 g/mol. The second kappa shape index (κ2) is 9.07. The van der Waals surface area contributed by atoms with Crippen LogP contribution in [0.25, 0.3) is 0 Å². The van der Waals surface area contributed by atoms with Gasteiger partial charge < -0.3 is 10.6 Å². The molecule has 82 valence electrons. The van der Waals surface area contributed by atoms with E-state index in [4.69, 9.17) is 5.73 Å². The largest absolute Gasteiger partial charge is 0.327 e. The van der Waals surface area contributed by atoms with Crippen LogP contribution in [-0.4, -0.2) is 30.6 Å². The number of hydrogen-bond donors (Lipinski definition) is 1. The summed E-state index contributed by atoms with van der Waals surface area (Å²) in [6.45, 7) is 5.70. The molecule has 1 rings (SSSR count). The number of rotatable bonds is 2. The van der Waals surface area contributed by atoms with Gasteiger partial charge in [0.2, 0.25) is 0 Å². The predicted octanol–water partition coefficient (Wildman–Crippen LogP) is 2.05. The highest BCUT2D eigenvalue weighted by molar-refractivity contribution is 5.85. The van der Waals surface area contributed by atoms with Crippen molar-refractivity contribution in [3.8, 4) is 0 Å². The Hall–Kier alpha value is 0.500. The number of likely N-dealkylation sites (tertiary alicyclic amines) is 1. The minimum atomic E-state index is 0. The molecule has 0 aromatic heterocycles. The van der Waals surface area contributed by atoms with Crippen molar-refractivity contribution in [2.75, 3.05) is 19.6 Å². The van der Waals surface area contributed by atoms with E-state index in [1.54, 1.807) is 0 Å². The fourth-order valence-electron chi connectivity index (χ4n) is 1.73. The maximum absolute atomic E-state index is 5.73. The summed E-state index contributed by atoms with van der Waals surface area (Å²) in [5, 5.41) is 0. The summed E-state index contributed by atoms with van der Waals surface area (Å²) < 4.78 is 0. The second-order valence-corrected chi connectivity index (χ2v) is 3.69. The molecule has 2 nitrogen and oxygen atoms in total. The van der Waals surface area contributed by atoms with Crippen LogP contribution in [0.1, 0.15) is 32.6 Å². The minimum absolute atomic E-state index is 0. The van der Waals surface area contributed by atoms with E-state index in [-0.39, 0.29) is 24.8 Å². The number of nitrogens with two attached hydrogens (primary N) is 1. The minimum Gasteiger partial charge on any atom is -0.327 e. The van der Waals surface area contributed by atoms with Gasteiger partial charge in [0.25, 0.3) is 0 Å². The van der Waals surface area contributed by atoms with E-state index in [1.807, 2.05) is 0 Å². The molecule has 0 radical (unpaired) electrons. The Morgan fingerprint density at radius 2 is 1.54 bits per heavy atom. The lowest BCUT2D eigenvalue weighted by Crippen LogP contribution is -2.36. The van der Waals surface area contributed by atoms with Crippen molar-refractivity contribution in [3.63, 3.8) is 0 Å². The molecule has 4 heteroatoms. The fraction of sp³-hybridized carbons (Fsp3) is 1.00. The Balaban J connectivity index is 0. The summed E-state index contributed by atoms with van der Waals surface area (Å²) in [5.41, 5.74) is 5.73. The molecule has 0 spiro atoms. The van der Waals surface area contributed by atoms with Gasteiger partial charge in [-0.25, -0.2) is 0 Å². The molecule has 0 saturated carbocycles. The van der Waals surface area contributed by atoms with Gasteiger partial charge in [-0.05, 0) is 32.9 Å². The lowest BCUT2D eigenvalue weighted by atomic mass is 10.2. The molecule has 1 aliphatic rings. The molecule has 0 aromatic carbocycles. The second-order valence-electron chi connectivity index (χ2n) is 3.69. The highest BCUT2D eigenvalue weighted by atomic mass is 35.5. The Labute approximate surface area is 94.1 Å². The maximum atomic E-state index is 5.73. The lowest BCUT2D eigenvalue weighted by molar-refractivity contribution is 0.272. The zero-order chi connectivity index (χ0) is 8.10. The van der Waals surface area contributed by atoms with Crippen molar-refractivity contribution >= 4 is 24.8 Å². The van der Waals surface area contributed by atoms with Crippen molar-refractivity contribution < 1.29 is 0 Å². The zero-order valence-corrected chi connectivity index (χ0v) is 10.0. The van der Waals surface area contributed by atoms with Crippen LogP contribution in [0.4, 0.5) is 0 Å². The van der Waals surface area contributed by atoms with Gasteiger partial charge in [-0.15, -0.1) is 24.8 Å². The number of nitrogens with zero attached hydrogens (tertiary/aromatic N) is 1. The van der Waals surface area contributed by atoms with Crippen LogP contribution in [0, 0.1) is 0 Å². The first-order chi connectivity index (χ1) is 5.29. The van der Waals surface area contributed by atoms with Gasteiger partial charge in [-0.3, -0.25) is 0 Å². The van der Waals surface area contributed by atoms with E-state index in [0.717, 1.165) is 6.54 Å². The summed E-state index contributed by atoms with van der Waals surface area (Å²) in [5.74, 6) is 0. The highest BCUT2D eigenvalue weighted by Gasteiger charge is 2.09. The topological polar surface area (TPSA) is 29.3 Å². The summed E-state index contributed by atoms with van der Waals surface area (Å²) in [6, 6.07) is 0.341. The molecule has 13 heavy (non-hydrogen) atoms. The molecule has 1 fully saturated rings. The average Bonchev–Trinajstić information content (AvgIpc) is 2.14. The average molecular weight is 229 g/mol. The van der Waals surface area contributed by atoms with Gasteiger partial charge in [0.15, 0.2) is 0 Å². The van der Waals surface area contributed by atoms with Crippen molar-refractivity contribution in [1.29, 1.82) is 0 Å². The summed E-state index contributed by atoms with van der Waals surface area (Å²) in [4.78, 5) is 2.50. The molecule has 1 heterocycles. The molecule has 0 aromatic rings. The van der Waals surface area contributed by atoms with E-state index in [0.29, 0.717) is 6.04 Å². The zero-order valence-electron chi connectivity index (χ0n) is 8.37. The molecule has 0 unspecified atom stereocenters. The van der Waals surface area contributed by atoms with Gasteiger partial charge in [0.05, 0.1) is 0 Å². The molecule has 1 atom stereocenters. The molecule has 1 saturated heterocycles. The Kier molecular flexibility index (Phi) is 11.1. The van der Waals surface area contributed by atoms with Crippen molar-refractivity contribution in [2.45, 2.75) is 38.6 Å². The van der Waals surface area contributed by atoms with Crippen molar-refractivity contribution in [3.05, 3.63) is 0 Å². The van der Waals surface area contributed by atoms with Crippen LogP contribution in [-0.2, 0) is 0 Å². The predicted molar refractivity (Wildman–Crippen MR) is 63.1 cm³/mol. The van der Waals surface area contributed by atoms with Gasteiger partial charge in [-0.2, -0.15) is 0 Å².